The topological polar surface area (TPSA) is 107 Å². The molecule has 3 N–H and O–H groups in total. The molecule has 0 saturated carbocycles. The number of nitrogens with two attached hydrogens (primary N) is 1. The first-order valence-corrected chi connectivity index (χ1v) is 9.05. The van der Waals surface area contributed by atoms with Gasteiger partial charge in [0.25, 0.3) is 5.91 Å². The van der Waals surface area contributed by atoms with Crippen LogP contribution >= 0.6 is 0 Å². The van der Waals surface area contributed by atoms with E-state index in [0.717, 1.165) is 25.2 Å². The molecule has 3 rings (SSSR count). The highest BCUT2D eigenvalue weighted by molar-refractivity contribution is 6.06. The van der Waals surface area contributed by atoms with E-state index in [1.54, 1.807) is 30.5 Å². The van der Waals surface area contributed by atoms with Crippen LogP contribution in [0.3, 0.4) is 0 Å². The van der Waals surface area contributed by atoms with Gasteiger partial charge in [0.05, 0.1) is 37.6 Å². The van der Waals surface area contributed by atoms with Gasteiger partial charge in [-0.3, -0.25) is 9.59 Å². The Labute approximate surface area is 163 Å². The number of methoxy groups -OCH3 is 2. The molecule has 1 saturated heterocycles. The lowest BCUT2D eigenvalue weighted by atomic mass is 9.97. The maximum absolute atomic E-state index is 12.6. The van der Waals surface area contributed by atoms with Crippen LogP contribution in [-0.2, 0) is 4.79 Å². The van der Waals surface area contributed by atoms with Gasteiger partial charge < -0.3 is 25.4 Å². The summed E-state index contributed by atoms with van der Waals surface area (Å²) < 4.78 is 10.4. The average Bonchev–Trinajstić information content (AvgIpc) is 2.73. The second kappa shape index (κ2) is 8.60. The molecule has 1 aliphatic rings. The highest BCUT2D eigenvalue weighted by Gasteiger charge is 2.24. The van der Waals surface area contributed by atoms with Crippen molar-refractivity contribution in [2.75, 3.05) is 37.5 Å². The lowest BCUT2D eigenvalue weighted by Gasteiger charge is -2.32. The minimum Gasteiger partial charge on any atom is -0.497 e. The number of ether oxygens (including phenoxy) is 2. The fourth-order valence-electron chi connectivity index (χ4n) is 3.25. The first kappa shape index (κ1) is 19.5. The van der Waals surface area contributed by atoms with E-state index in [9.17, 15) is 9.59 Å². The quantitative estimate of drug-likeness (QED) is 0.789. The van der Waals surface area contributed by atoms with Crippen LogP contribution in [-0.4, -0.2) is 44.1 Å². The van der Waals surface area contributed by atoms with Crippen molar-refractivity contribution in [3.8, 4) is 11.5 Å². The van der Waals surface area contributed by atoms with Gasteiger partial charge in [0.1, 0.15) is 17.3 Å². The lowest BCUT2D eigenvalue weighted by molar-refractivity contribution is -0.122. The number of anilines is 2. The van der Waals surface area contributed by atoms with Gasteiger partial charge in [0.2, 0.25) is 5.91 Å². The van der Waals surface area contributed by atoms with E-state index in [4.69, 9.17) is 15.2 Å². The SMILES string of the molecule is COc1ccc(OC)c(C(=O)Nc2ccc(N3CCC[C@H](C(N)=O)C3)nc2)c1. The molecule has 0 bridgehead atoms. The standard InChI is InChI=1S/C20H24N4O4/c1-27-15-6-7-17(28-2)16(10-15)20(26)23-14-5-8-18(22-11-14)24-9-3-4-13(12-24)19(21)25/h5-8,10-11,13H,3-4,9,12H2,1-2H3,(H2,21,25)(H,23,26)/t13-/m0/s1. The maximum Gasteiger partial charge on any atom is 0.259 e. The highest BCUT2D eigenvalue weighted by Crippen LogP contribution is 2.26. The zero-order valence-electron chi connectivity index (χ0n) is 16.0. The molecule has 0 radical (unpaired) electrons. The number of hydrogen-bond donors (Lipinski definition) is 2. The zero-order chi connectivity index (χ0) is 20.1. The third-order valence-corrected chi connectivity index (χ3v) is 4.80. The molecule has 1 aromatic carbocycles. The Bertz CT molecular complexity index is 854. The number of hydrogen-bond acceptors (Lipinski definition) is 6. The fourth-order valence-corrected chi connectivity index (χ4v) is 3.25. The molecular weight excluding hydrogens is 360 g/mol. The molecule has 8 nitrogen and oxygen atoms in total. The summed E-state index contributed by atoms with van der Waals surface area (Å²) in [6.07, 6.45) is 3.29. The summed E-state index contributed by atoms with van der Waals surface area (Å²) in [5.74, 6) is 1.01. The van der Waals surface area contributed by atoms with Crippen molar-refractivity contribution in [3.05, 3.63) is 42.1 Å². The number of pyridine rings is 1. The summed E-state index contributed by atoms with van der Waals surface area (Å²) in [4.78, 5) is 30.5. The molecule has 28 heavy (non-hydrogen) atoms. The van der Waals surface area contributed by atoms with E-state index < -0.39 is 0 Å². The van der Waals surface area contributed by atoms with Crippen LogP contribution in [0.25, 0.3) is 0 Å². The molecule has 1 aliphatic heterocycles. The molecular formula is C20H24N4O4. The zero-order valence-corrected chi connectivity index (χ0v) is 16.0. The lowest BCUT2D eigenvalue weighted by Crippen LogP contribution is -2.41. The van der Waals surface area contributed by atoms with Gasteiger partial charge in [-0.1, -0.05) is 0 Å². The summed E-state index contributed by atoms with van der Waals surface area (Å²) in [6.45, 7) is 1.39. The van der Waals surface area contributed by atoms with Crippen molar-refractivity contribution in [3.63, 3.8) is 0 Å². The molecule has 0 aliphatic carbocycles. The molecule has 8 heteroatoms. The number of primary amides is 1. The molecule has 0 unspecified atom stereocenters. The summed E-state index contributed by atoms with van der Waals surface area (Å²) in [6, 6.07) is 8.63. The van der Waals surface area contributed by atoms with Crippen LogP contribution in [0.5, 0.6) is 11.5 Å². The Hall–Kier alpha value is -3.29. The van der Waals surface area contributed by atoms with Gasteiger partial charge >= 0.3 is 0 Å². The predicted octanol–water partition coefficient (Wildman–Crippen LogP) is 2.05. The molecule has 0 spiro atoms. The number of amides is 2. The average molecular weight is 384 g/mol. The van der Waals surface area contributed by atoms with Crippen LogP contribution in [0.15, 0.2) is 36.5 Å². The Kier molecular flexibility index (Phi) is 5.98. The minimum absolute atomic E-state index is 0.157. The van der Waals surface area contributed by atoms with E-state index >= 15 is 0 Å². The van der Waals surface area contributed by atoms with Gasteiger partial charge in [-0.25, -0.2) is 4.98 Å². The number of nitrogens with zero attached hydrogens (tertiary/aromatic N) is 2. The number of carbonyl (C=O) groups excluding carboxylic acids is 2. The predicted molar refractivity (Wildman–Crippen MR) is 106 cm³/mol. The van der Waals surface area contributed by atoms with Crippen LogP contribution in [0.2, 0.25) is 0 Å². The van der Waals surface area contributed by atoms with Crippen LogP contribution < -0.4 is 25.4 Å². The number of piperidine rings is 1. The monoisotopic (exact) mass is 384 g/mol. The summed E-state index contributed by atoms with van der Waals surface area (Å²) in [5, 5.41) is 2.81. The van der Waals surface area contributed by atoms with Gasteiger partial charge in [0.15, 0.2) is 0 Å². The van der Waals surface area contributed by atoms with E-state index in [2.05, 4.69) is 10.3 Å². The number of carbonyl (C=O) groups is 2. The molecule has 2 heterocycles. The third kappa shape index (κ3) is 4.33. The number of benzene rings is 1. The Morgan fingerprint density at radius 1 is 1.21 bits per heavy atom. The van der Waals surface area contributed by atoms with E-state index in [1.165, 1.54) is 14.2 Å². The van der Waals surface area contributed by atoms with Crippen molar-refractivity contribution < 1.29 is 19.1 Å². The smallest absolute Gasteiger partial charge is 0.259 e. The van der Waals surface area contributed by atoms with Crippen LogP contribution in [0.4, 0.5) is 11.5 Å². The first-order valence-electron chi connectivity index (χ1n) is 9.05. The maximum atomic E-state index is 12.6. The van der Waals surface area contributed by atoms with Crippen molar-refractivity contribution in [1.29, 1.82) is 0 Å². The first-order chi connectivity index (χ1) is 13.5. The van der Waals surface area contributed by atoms with E-state index in [-0.39, 0.29) is 17.7 Å². The normalized spacial score (nSPS) is 16.4. The molecule has 148 valence electrons. The second-order valence-corrected chi connectivity index (χ2v) is 6.61. The molecule has 2 amide bonds. The summed E-state index contributed by atoms with van der Waals surface area (Å²) in [7, 11) is 3.04. The second-order valence-electron chi connectivity index (χ2n) is 6.61. The Morgan fingerprint density at radius 3 is 2.68 bits per heavy atom. The molecule has 2 aromatic rings. The van der Waals surface area contributed by atoms with Crippen molar-refractivity contribution in [2.24, 2.45) is 11.7 Å². The Morgan fingerprint density at radius 2 is 2.04 bits per heavy atom. The minimum atomic E-state index is -0.322. The largest absolute Gasteiger partial charge is 0.497 e. The van der Waals surface area contributed by atoms with Crippen molar-refractivity contribution in [2.45, 2.75) is 12.8 Å². The highest BCUT2D eigenvalue weighted by atomic mass is 16.5. The summed E-state index contributed by atoms with van der Waals surface area (Å²) >= 11 is 0. The summed E-state index contributed by atoms with van der Waals surface area (Å²) in [5.41, 5.74) is 6.36. The fraction of sp³-hybridized carbons (Fsp3) is 0.350. The van der Waals surface area contributed by atoms with Crippen LogP contribution in [0.1, 0.15) is 23.2 Å². The van der Waals surface area contributed by atoms with Gasteiger partial charge in [-0.05, 0) is 43.2 Å². The number of rotatable bonds is 6. The van der Waals surface area contributed by atoms with Crippen molar-refractivity contribution in [1.82, 2.24) is 4.98 Å². The van der Waals surface area contributed by atoms with E-state index in [0.29, 0.717) is 29.3 Å². The van der Waals surface area contributed by atoms with Crippen LogP contribution in [0, 0.1) is 5.92 Å². The Balaban J connectivity index is 1.71. The van der Waals surface area contributed by atoms with Crippen molar-refractivity contribution >= 4 is 23.3 Å². The molecule has 1 fully saturated rings. The third-order valence-electron chi connectivity index (χ3n) is 4.80. The van der Waals surface area contributed by atoms with Gasteiger partial charge in [-0.15, -0.1) is 0 Å². The number of nitrogens with one attached hydrogen (secondary N) is 1. The molecule has 1 aromatic heterocycles. The van der Waals surface area contributed by atoms with Gasteiger partial charge in [0, 0.05) is 13.1 Å². The molecule has 1 atom stereocenters. The van der Waals surface area contributed by atoms with Gasteiger partial charge in [-0.2, -0.15) is 0 Å². The van der Waals surface area contributed by atoms with E-state index in [1.807, 2.05) is 11.0 Å². The number of aromatic nitrogens is 1.